The average molecular weight is 169 g/mol. The topological polar surface area (TPSA) is 66.4 Å². The van der Waals surface area contributed by atoms with E-state index in [1.807, 2.05) is 0 Å². The van der Waals surface area contributed by atoms with Crippen LogP contribution in [0.15, 0.2) is 0 Å². The number of imide groups is 1. The Morgan fingerprint density at radius 2 is 2.17 bits per heavy atom. The van der Waals surface area contributed by atoms with Gasteiger partial charge in [-0.15, -0.1) is 0 Å². The van der Waals surface area contributed by atoms with Crippen LogP contribution in [0.4, 0.5) is 0 Å². The Morgan fingerprint density at radius 1 is 1.50 bits per heavy atom. The standard InChI is InChI=1S/C8H11NO3/c10-4-5-1-8(2-5)3-6(11)9-7(8)12/h5,10H,1-4H2,(H,9,11,12). The van der Waals surface area contributed by atoms with Gasteiger partial charge in [-0.05, 0) is 18.8 Å². The van der Waals surface area contributed by atoms with Gasteiger partial charge >= 0.3 is 0 Å². The molecule has 4 nitrogen and oxygen atoms in total. The van der Waals surface area contributed by atoms with Crippen molar-refractivity contribution in [2.75, 3.05) is 6.61 Å². The highest BCUT2D eigenvalue weighted by atomic mass is 16.3. The number of hydrogen-bond acceptors (Lipinski definition) is 3. The molecule has 2 rings (SSSR count). The monoisotopic (exact) mass is 169 g/mol. The van der Waals surface area contributed by atoms with Gasteiger partial charge in [-0.2, -0.15) is 0 Å². The van der Waals surface area contributed by atoms with Gasteiger partial charge in [-0.25, -0.2) is 0 Å². The SMILES string of the molecule is O=C1CC2(CC(CO)C2)C(=O)N1. The van der Waals surface area contributed by atoms with E-state index in [-0.39, 0.29) is 24.3 Å². The molecule has 0 aromatic rings. The zero-order valence-electron chi connectivity index (χ0n) is 6.67. The summed E-state index contributed by atoms with van der Waals surface area (Å²) in [5, 5.41) is 11.1. The van der Waals surface area contributed by atoms with E-state index in [0.29, 0.717) is 19.3 Å². The van der Waals surface area contributed by atoms with Crippen molar-refractivity contribution in [2.45, 2.75) is 19.3 Å². The van der Waals surface area contributed by atoms with Crippen LogP contribution < -0.4 is 5.32 Å². The lowest BCUT2D eigenvalue weighted by molar-refractivity contribution is -0.135. The first kappa shape index (κ1) is 7.73. The quantitative estimate of drug-likeness (QED) is 0.516. The van der Waals surface area contributed by atoms with Crippen molar-refractivity contribution < 1.29 is 14.7 Å². The molecule has 1 aliphatic heterocycles. The van der Waals surface area contributed by atoms with E-state index in [1.165, 1.54) is 0 Å². The Hall–Kier alpha value is -0.900. The molecule has 1 saturated heterocycles. The molecule has 1 spiro atoms. The van der Waals surface area contributed by atoms with E-state index in [1.54, 1.807) is 0 Å². The molecule has 2 N–H and O–H groups in total. The third kappa shape index (κ3) is 0.876. The third-order valence-corrected chi connectivity index (χ3v) is 2.85. The molecule has 2 amide bonds. The summed E-state index contributed by atoms with van der Waals surface area (Å²) in [5.41, 5.74) is -0.440. The second-order valence-corrected chi connectivity index (χ2v) is 3.79. The molecule has 1 aliphatic carbocycles. The fraction of sp³-hybridized carbons (Fsp3) is 0.750. The van der Waals surface area contributed by atoms with E-state index in [9.17, 15) is 9.59 Å². The van der Waals surface area contributed by atoms with Gasteiger partial charge in [-0.3, -0.25) is 14.9 Å². The number of rotatable bonds is 1. The van der Waals surface area contributed by atoms with Gasteiger partial charge in [0.25, 0.3) is 0 Å². The Labute approximate surface area is 69.9 Å². The summed E-state index contributed by atoms with van der Waals surface area (Å²) in [6.45, 7) is 0.128. The molecule has 2 fully saturated rings. The van der Waals surface area contributed by atoms with Crippen LogP contribution in [0.3, 0.4) is 0 Å². The molecule has 0 radical (unpaired) electrons. The van der Waals surface area contributed by atoms with Crippen molar-refractivity contribution in [3.05, 3.63) is 0 Å². The molecule has 4 heteroatoms. The Morgan fingerprint density at radius 3 is 2.58 bits per heavy atom. The Balaban J connectivity index is 2.06. The van der Waals surface area contributed by atoms with Crippen molar-refractivity contribution in [3.63, 3.8) is 0 Å². The maximum Gasteiger partial charge on any atom is 0.233 e. The first-order valence-corrected chi connectivity index (χ1v) is 4.11. The highest BCUT2D eigenvalue weighted by molar-refractivity contribution is 6.06. The summed E-state index contributed by atoms with van der Waals surface area (Å²) < 4.78 is 0. The van der Waals surface area contributed by atoms with Gasteiger partial charge in [0.2, 0.25) is 11.8 Å². The highest BCUT2D eigenvalue weighted by Gasteiger charge is 2.54. The Kier molecular flexibility index (Phi) is 1.48. The van der Waals surface area contributed by atoms with Crippen LogP contribution in [0.25, 0.3) is 0 Å². The van der Waals surface area contributed by atoms with Crippen LogP contribution in [0.2, 0.25) is 0 Å². The molecular weight excluding hydrogens is 158 g/mol. The zero-order chi connectivity index (χ0) is 8.77. The minimum Gasteiger partial charge on any atom is -0.396 e. The van der Waals surface area contributed by atoms with Crippen molar-refractivity contribution in [1.29, 1.82) is 0 Å². The van der Waals surface area contributed by atoms with E-state index in [2.05, 4.69) is 5.32 Å². The molecule has 0 atom stereocenters. The smallest absolute Gasteiger partial charge is 0.233 e. The third-order valence-electron chi connectivity index (χ3n) is 2.85. The van der Waals surface area contributed by atoms with E-state index in [0.717, 1.165) is 0 Å². The molecule has 0 unspecified atom stereocenters. The average Bonchev–Trinajstić information content (AvgIpc) is 2.22. The number of nitrogens with one attached hydrogen (secondary N) is 1. The highest BCUT2D eigenvalue weighted by Crippen LogP contribution is 2.50. The first-order valence-electron chi connectivity index (χ1n) is 4.11. The van der Waals surface area contributed by atoms with Crippen LogP contribution in [-0.4, -0.2) is 23.5 Å². The molecule has 1 saturated carbocycles. The van der Waals surface area contributed by atoms with E-state index in [4.69, 9.17) is 5.11 Å². The lowest BCUT2D eigenvalue weighted by Crippen LogP contribution is -2.44. The van der Waals surface area contributed by atoms with Crippen molar-refractivity contribution in [1.82, 2.24) is 5.32 Å². The molecule has 0 bridgehead atoms. The van der Waals surface area contributed by atoms with Gasteiger partial charge in [0.1, 0.15) is 0 Å². The number of aliphatic hydroxyl groups excluding tert-OH is 1. The van der Waals surface area contributed by atoms with Gasteiger partial charge in [0.05, 0.1) is 5.41 Å². The lowest BCUT2D eigenvalue weighted by Gasteiger charge is -2.41. The van der Waals surface area contributed by atoms with Gasteiger partial charge < -0.3 is 5.11 Å². The van der Waals surface area contributed by atoms with Gasteiger partial charge in [-0.1, -0.05) is 0 Å². The largest absolute Gasteiger partial charge is 0.396 e. The maximum atomic E-state index is 11.2. The number of carbonyl (C=O) groups excluding carboxylic acids is 2. The van der Waals surface area contributed by atoms with Crippen LogP contribution in [0, 0.1) is 11.3 Å². The lowest BCUT2D eigenvalue weighted by atomic mass is 9.61. The summed E-state index contributed by atoms with van der Waals surface area (Å²) in [7, 11) is 0. The number of aliphatic hydroxyl groups is 1. The second kappa shape index (κ2) is 2.29. The normalized spacial score (nSPS) is 39.9. The predicted octanol–water partition coefficient (Wildman–Crippen LogP) is -0.578. The van der Waals surface area contributed by atoms with Crippen molar-refractivity contribution >= 4 is 11.8 Å². The van der Waals surface area contributed by atoms with Gasteiger partial charge in [0, 0.05) is 13.0 Å². The maximum absolute atomic E-state index is 11.2. The summed E-state index contributed by atoms with van der Waals surface area (Å²) in [6, 6.07) is 0. The number of carbonyl (C=O) groups is 2. The number of hydrogen-bond donors (Lipinski definition) is 2. The molecule has 66 valence electrons. The van der Waals surface area contributed by atoms with Crippen LogP contribution in [0.1, 0.15) is 19.3 Å². The predicted molar refractivity (Wildman–Crippen MR) is 40.0 cm³/mol. The fourth-order valence-electron chi connectivity index (χ4n) is 2.20. The molecular formula is C8H11NO3. The molecule has 2 aliphatic rings. The zero-order valence-corrected chi connectivity index (χ0v) is 6.67. The summed E-state index contributed by atoms with van der Waals surface area (Å²) in [4.78, 5) is 22.1. The van der Waals surface area contributed by atoms with Gasteiger partial charge in [0.15, 0.2) is 0 Å². The van der Waals surface area contributed by atoms with E-state index < -0.39 is 5.41 Å². The molecule has 0 aromatic heterocycles. The molecule has 12 heavy (non-hydrogen) atoms. The van der Waals surface area contributed by atoms with E-state index >= 15 is 0 Å². The first-order chi connectivity index (χ1) is 5.66. The van der Waals surface area contributed by atoms with Crippen LogP contribution in [0.5, 0.6) is 0 Å². The van der Waals surface area contributed by atoms with Crippen LogP contribution >= 0.6 is 0 Å². The molecule has 0 aromatic carbocycles. The summed E-state index contributed by atoms with van der Waals surface area (Å²) in [5.74, 6) is -0.0877. The summed E-state index contributed by atoms with van der Waals surface area (Å²) in [6.07, 6.45) is 1.66. The van der Waals surface area contributed by atoms with Crippen molar-refractivity contribution in [3.8, 4) is 0 Å². The fourth-order valence-corrected chi connectivity index (χ4v) is 2.20. The Bertz CT molecular complexity index is 243. The van der Waals surface area contributed by atoms with Crippen molar-refractivity contribution in [2.24, 2.45) is 11.3 Å². The summed E-state index contributed by atoms with van der Waals surface area (Å²) >= 11 is 0. The molecule has 1 heterocycles. The van der Waals surface area contributed by atoms with Crippen LogP contribution in [-0.2, 0) is 9.59 Å². The minimum absolute atomic E-state index is 0.128. The minimum atomic E-state index is -0.440. The second-order valence-electron chi connectivity index (χ2n) is 3.79. The number of amides is 2.